The molecule has 156 valence electrons. The maximum atomic E-state index is 2.47. The predicted molar refractivity (Wildman–Crippen MR) is 139 cm³/mol. The molecule has 0 radical (unpaired) electrons. The van der Waals surface area contributed by atoms with Crippen LogP contribution in [0.2, 0.25) is 0 Å². The van der Waals surface area contributed by atoms with Crippen LogP contribution in [0.15, 0.2) is 139 Å². The second-order valence-corrected chi connectivity index (χ2v) is 8.97. The summed E-state index contributed by atoms with van der Waals surface area (Å²) in [5, 5.41) is 2.67. The van der Waals surface area contributed by atoms with Gasteiger partial charge in [-0.05, 0) is 57.3 Å². The van der Waals surface area contributed by atoms with Crippen LogP contribution in [0.1, 0.15) is 11.5 Å². The molecule has 3 aliphatic rings. The molecule has 0 aromatic heterocycles. The second kappa shape index (κ2) is 7.21. The molecule has 1 aliphatic heterocycles. The van der Waals surface area contributed by atoms with Crippen molar-refractivity contribution in [3.8, 4) is 11.1 Å². The van der Waals surface area contributed by atoms with E-state index in [4.69, 9.17) is 0 Å². The van der Waals surface area contributed by atoms with Crippen LogP contribution >= 0.6 is 0 Å². The molecule has 1 nitrogen and oxygen atoms in total. The van der Waals surface area contributed by atoms with Crippen molar-refractivity contribution in [3.05, 3.63) is 144 Å². The molecule has 1 heteroatoms. The Labute approximate surface area is 194 Å². The molecule has 0 fully saturated rings. The van der Waals surface area contributed by atoms with Crippen molar-refractivity contribution in [2.75, 3.05) is 4.90 Å². The minimum absolute atomic E-state index is 0.320. The molecule has 0 saturated carbocycles. The predicted octanol–water partition coefficient (Wildman–Crippen LogP) is 8.31. The molecule has 0 spiro atoms. The molecule has 0 N–H and O–H groups in total. The zero-order valence-corrected chi connectivity index (χ0v) is 18.2. The van der Waals surface area contributed by atoms with Gasteiger partial charge in [0.15, 0.2) is 0 Å². The molecule has 0 bridgehead atoms. The van der Waals surface area contributed by atoms with E-state index in [-0.39, 0.29) is 0 Å². The molecule has 1 heterocycles. The molecule has 2 unspecified atom stereocenters. The number of hydrogen-bond donors (Lipinski definition) is 0. The summed E-state index contributed by atoms with van der Waals surface area (Å²) in [6.07, 6.45) is 13.6. The summed E-state index contributed by atoms with van der Waals surface area (Å²) >= 11 is 0. The Bertz CT molecular complexity index is 1500. The van der Waals surface area contributed by atoms with E-state index in [2.05, 4.69) is 132 Å². The quantitative estimate of drug-likeness (QED) is 0.314. The summed E-state index contributed by atoms with van der Waals surface area (Å²) in [5.41, 5.74) is 9.21. The number of hydrogen-bond acceptors (Lipinski definition) is 1. The van der Waals surface area contributed by atoms with Gasteiger partial charge >= 0.3 is 0 Å². The number of rotatable bonds is 2. The lowest BCUT2D eigenvalue weighted by molar-refractivity contribution is 0.654. The maximum Gasteiger partial charge on any atom is 0.0504 e. The first kappa shape index (κ1) is 18.5. The average molecular weight is 422 g/mol. The van der Waals surface area contributed by atoms with Gasteiger partial charge in [-0.25, -0.2) is 0 Å². The van der Waals surface area contributed by atoms with Crippen molar-refractivity contribution >= 4 is 22.1 Å². The SMILES string of the molecule is C1=CC2=CC=C3C(c4c(ccc5ccccc45)N3c3ccc(-c4ccccc4)cc3)C2C=C1. The van der Waals surface area contributed by atoms with Crippen molar-refractivity contribution in [1.82, 2.24) is 0 Å². The largest absolute Gasteiger partial charge is 0.313 e. The molecule has 2 aliphatic carbocycles. The molecule has 4 aromatic rings. The lowest BCUT2D eigenvalue weighted by Gasteiger charge is -2.31. The Morgan fingerprint density at radius 2 is 1.42 bits per heavy atom. The fraction of sp³-hybridized carbons (Fsp3) is 0.0625. The minimum atomic E-state index is 0.320. The lowest BCUT2D eigenvalue weighted by atomic mass is 9.75. The molecule has 0 amide bonds. The summed E-state index contributed by atoms with van der Waals surface area (Å²) in [4.78, 5) is 2.47. The summed E-state index contributed by atoms with van der Waals surface area (Å²) < 4.78 is 0. The van der Waals surface area contributed by atoms with Gasteiger partial charge in [0.25, 0.3) is 0 Å². The summed E-state index contributed by atoms with van der Waals surface area (Å²) in [7, 11) is 0. The lowest BCUT2D eigenvalue weighted by Crippen LogP contribution is -2.21. The van der Waals surface area contributed by atoms with Crippen LogP contribution in [0.4, 0.5) is 11.4 Å². The van der Waals surface area contributed by atoms with Crippen molar-refractivity contribution in [1.29, 1.82) is 0 Å². The van der Waals surface area contributed by atoms with Crippen molar-refractivity contribution in [2.45, 2.75) is 5.92 Å². The molecule has 4 aromatic carbocycles. The van der Waals surface area contributed by atoms with Crippen molar-refractivity contribution in [2.24, 2.45) is 5.92 Å². The fourth-order valence-corrected chi connectivity index (χ4v) is 5.72. The Kier molecular flexibility index (Phi) is 4.04. The zero-order valence-electron chi connectivity index (χ0n) is 18.2. The summed E-state index contributed by atoms with van der Waals surface area (Å²) in [6.45, 7) is 0. The van der Waals surface area contributed by atoms with E-state index in [0.717, 1.165) is 0 Å². The van der Waals surface area contributed by atoms with E-state index in [1.165, 1.54) is 50.1 Å². The number of nitrogens with zero attached hydrogens (tertiary/aromatic N) is 1. The number of fused-ring (bicyclic) bond motifs is 7. The number of benzene rings is 4. The van der Waals surface area contributed by atoms with Gasteiger partial charge in [0.05, 0.1) is 5.69 Å². The number of allylic oxidation sites excluding steroid dienone is 8. The Morgan fingerprint density at radius 3 is 2.30 bits per heavy atom. The fourth-order valence-electron chi connectivity index (χ4n) is 5.72. The van der Waals surface area contributed by atoms with Crippen LogP contribution in [0.25, 0.3) is 21.9 Å². The Morgan fingerprint density at radius 1 is 0.636 bits per heavy atom. The third-order valence-corrected chi connectivity index (χ3v) is 7.22. The van der Waals surface area contributed by atoms with Crippen LogP contribution in [-0.4, -0.2) is 0 Å². The van der Waals surface area contributed by atoms with Crippen LogP contribution in [-0.2, 0) is 0 Å². The highest BCUT2D eigenvalue weighted by Gasteiger charge is 2.42. The van der Waals surface area contributed by atoms with Gasteiger partial charge in [-0.1, -0.05) is 103 Å². The van der Waals surface area contributed by atoms with Gasteiger partial charge in [-0.3, -0.25) is 0 Å². The standard InChI is InChI=1S/C32H23N/c1-2-8-22(9-3-1)23-14-18-26(19-15-23)33-29-20-16-24-10-4-6-12-27(24)31(29)32-28-13-7-5-11-25(28)17-21-30(32)33/h1-21,27,31H. The molecular formula is C32H23N. The first-order valence-corrected chi connectivity index (χ1v) is 11.6. The van der Waals surface area contributed by atoms with Crippen LogP contribution in [0, 0.1) is 5.92 Å². The van der Waals surface area contributed by atoms with Gasteiger partial charge in [-0.15, -0.1) is 0 Å². The zero-order chi connectivity index (χ0) is 21.8. The van der Waals surface area contributed by atoms with Gasteiger partial charge in [0, 0.05) is 23.2 Å². The highest BCUT2D eigenvalue weighted by Crippen LogP contribution is 2.56. The van der Waals surface area contributed by atoms with Gasteiger partial charge in [0.2, 0.25) is 0 Å². The van der Waals surface area contributed by atoms with Crippen LogP contribution in [0.3, 0.4) is 0 Å². The van der Waals surface area contributed by atoms with Gasteiger partial charge in [-0.2, -0.15) is 0 Å². The number of anilines is 2. The molecule has 0 saturated heterocycles. The third kappa shape index (κ3) is 2.79. The summed E-state index contributed by atoms with van der Waals surface area (Å²) in [5.74, 6) is 0.689. The maximum absolute atomic E-state index is 2.47. The highest BCUT2D eigenvalue weighted by molar-refractivity contribution is 5.96. The molecular weight excluding hydrogens is 398 g/mol. The Balaban J connectivity index is 1.42. The van der Waals surface area contributed by atoms with E-state index in [9.17, 15) is 0 Å². The second-order valence-electron chi connectivity index (χ2n) is 8.97. The smallest absolute Gasteiger partial charge is 0.0504 e. The van der Waals surface area contributed by atoms with E-state index in [1.54, 1.807) is 0 Å². The third-order valence-electron chi connectivity index (χ3n) is 7.22. The van der Waals surface area contributed by atoms with E-state index in [1.807, 2.05) is 0 Å². The van der Waals surface area contributed by atoms with E-state index >= 15 is 0 Å². The summed E-state index contributed by atoms with van der Waals surface area (Å²) in [6, 6.07) is 33.0. The van der Waals surface area contributed by atoms with E-state index < -0.39 is 0 Å². The molecule has 7 rings (SSSR count). The van der Waals surface area contributed by atoms with Gasteiger partial charge in [0.1, 0.15) is 0 Å². The average Bonchev–Trinajstić information content (AvgIpc) is 3.24. The minimum Gasteiger partial charge on any atom is -0.313 e. The normalized spacial score (nSPS) is 20.2. The monoisotopic (exact) mass is 421 g/mol. The first-order valence-electron chi connectivity index (χ1n) is 11.6. The van der Waals surface area contributed by atoms with Crippen molar-refractivity contribution < 1.29 is 0 Å². The molecule has 33 heavy (non-hydrogen) atoms. The van der Waals surface area contributed by atoms with E-state index in [0.29, 0.717) is 11.8 Å². The first-order chi connectivity index (χ1) is 16.4. The highest BCUT2D eigenvalue weighted by atomic mass is 15.2. The topological polar surface area (TPSA) is 3.24 Å². The van der Waals surface area contributed by atoms with Crippen LogP contribution < -0.4 is 4.90 Å². The van der Waals surface area contributed by atoms with Gasteiger partial charge < -0.3 is 4.90 Å². The van der Waals surface area contributed by atoms with Crippen molar-refractivity contribution in [3.63, 3.8) is 0 Å². The van der Waals surface area contributed by atoms with Crippen LogP contribution in [0.5, 0.6) is 0 Å². The Hall–Kier alpha value is -4.10. The molecule has 2 atom stereocenters.